The van der Waals surface area contributed by atoms with Crippen molar-refractivity contribution in [3.05, 3.63) is 23.5 Å². The molecule has 0 aromatic carbocycles. The molecule has 144 valence electrons. The topological polar surface area (TPSA) is 69.7 Å². The van der Waals surface area contributed by atoms with Gasteiger partial charge in [0, 0.05) is 20.3 Å². The lowest BCUT2D eigenvalue weighted by Crippen LogP contribution is -2.40. The van der Waals surface area contributed by atoms with Gasteiger partial charge in [0.1, 0.15) is 11.5 Å². The Morgan fingerprint density at radius 2 is 2.00 bits per heavy atom. The highest BCUT2D eigenvalue weighted by Crippen LogP contribution is 2.40. The van der Waals surface area contributed by atoms with E-state index in [-0.39, 0.29) is 29.8 Å². The van der Waals surface area contributed by atoms with Crippen LogP contribution in [0.5, 0.6) is 0 Å². The highest BCUT2D eigenvalue weighted by Gasteiger charge is 2.41. The predicted octanol–water partition coefficient (Wildman–Crippen LogP) is 4.12. The molecule has 2 aliphatic rings. The van der Waals surface area contributed by atoms with E-state index in [2.05, 4.69) is 19.9 Å². The van der Waals surface area contributed by atoms with Crippen LogP contribution in [0.15, 0.2) is 23.5 Å². The second-order valence-electron chi connectivity index (χ2n) is 7.99. The van der Waals surface area contributed by atoms with Gasteiger partial charge in [-0.1, -0.05) is 25.5 Å². The van der Waals surface area contributed by atoms with Crippen LogP contribution in [0.4, 0.5) is 0 Å². The molecule has 5 nitrogen and oxygen atoms in total. The first-order valence-electron chi connectivity index (χ1n) is 9.48. The van der Waals surface area contributed by atoms with E-state index in [4.69, 9.17) is 9.47 Å². The molecule has 0 saturated heterocycles. The number of Topliss-reactive ketones (excluding diaryl/α,β-unsaturated/α-hetero) is 2. The number of carbonyl (C=O) groups is 3. The molecule has 0 N–H and O–H groups in total. The third-order valence-corrected chi connectivity index (χ3v) is 5.04. The lowest BCUT2D eigenvalue weighted by atomic mass is 9.72. The quantitative estimate of drug-likeness (QED) is 0.387. The monoisotopic (exact) mass is 362 g/mol. The summed E-state index contributed by atoms with van der Waals surface area (Å²) in [5.74, 6) is -2.01. The van der Waals surface area contributed by atoms with Crippen molar-refractivity contribution in [3.63, 3.8) is 0 Å². The normalized spacial score (nSPS) is 26.1. The van der Waals surface area contributed by atoms with Crippen LogP contribution < -0.4 is 0 Å². The molecule has 0 fully saturated rings. The third-order valence-electron chi connectivity index (χ3n) is 5.04. The Labute approximate surface area is 155 Å². The van der Waals surface area contributed by atoms with Crippen molar-refractivity contribution >= 4 is 17.5 Å². The Balaban J connectivity index is 2.38. The summed E-state index contributed by atoms with van der Waals surface area (Å²) in [5.41, 5.74) is 1.23. The molecule has 1 aliphatic carbocycles. The third kappa shape index (κ3) is 5.05. The Bertz CT molecular complexity index is 641. The summed E-state index contributed by atoms with van der Waals surface area (Å²) in [6.45, 7) is 9.37. The molecule has 5 heteroatoms. The van der Waals surface area contributed by atoms with E-state index in [0.717, 1.165) is 12.8 Å². The summed E-state index contributed by atoms with van der Waals surface area (Å²) in [6.07, 6.45) is 6.34. The van der Waals surface area contributed by atoms with Crippen molar-refractivity contribution in [2.45, 2.75) is 72.5 Å². The minimum Gasteiger partial charge on any atom is -0.456 e. The smallest absolute Gasteiger partial charge is 0.337 e. The van der Waals surface area contributed by atoms with E-state index >= 15 is 0 Å². The summed E-state index contributed by atoms with van der Waals surface area (Å²) in [5, 5.41) is 0. The lowest BCUT2D eigenvalue weighted by molar-refractivity contribution is -0.209. The van der Waals surface area contributed by atoms with Crippen molar-refractivity contribution in [1.82, 2.24) is 0 Å². The number of esters is 1. The van der Waals surface area contributed by atoms with Gasteiger partial charge < -0.3 is 9.47 Å². The molecule has 0 aromatic rings. The minimum absolute atomic E-state index is 0.0649. The number of hydrogen-bond acceptors (Lipinski definition) is 5. The maximum atomic E-state index is 13.1. The van der Waals surface area contributed by atoms with Gasteiger partial charge in [0.15, 0.2) is 5.78 Å². The maximum absolute atomic E-state index is 13.1. The van der Waals surface area contributed by atoms with Crippen LogP contribution in [-0.4, -0.2) is 23.3 Å². The van der Waals surface area contributed by atoms with Crippen LogP contribution >= 0.6 is 0 Å². The average molecular weight is 362 g/mol. The fourth-order valence-electron chi connectivity index (χ4n) is 3.76. The summed E-state index contributed by atoms with van der Waals surface area (Å²) >= 11 is 0. The molecule has 0 saturated carbocycles. The number of ether oxygens (including phenoxy) is 2. The molecular formula is C21H30O5. The fraction of sp³-hybridized carbons (Fsp3) is 0.667. The van der Waals surface area contributed by atoms with Gasteiger partial charge >= 0.3 is 5.97 Å². The zero-order valence-electron chi connectivity index (χ0n) is 16.5. The van der Waals surface area contributed by atoms with E-state index in [1.165, 1.54) is 11.6 Å². The maximum Gasteiger partial charge on any atom is 0.337 e. The molecule has 2 rings (SSSR count). The van der Waals surface area contributed by atoms with Gasteiger partial charge in [0.25, 0.3) is 0 Å². The van der Waals surface area contributed by atoms with Gasteiger partial charge in [-0.3, -0.25) is 9.59 Å². The zero-order chi connectivity index (χ0) is 19.5. The van der Waals surface area contributed by atoms with E-state index in [9.17, 15) is 14.4 Å². The standard InChI is InChI=1S/C21H30O5/c1-6-7-15(22)11-17(23)20(16-10-13(2)8-9-14(16)3)18-12-19(24)26-21(4,5)25-18/h10,12,14,16,20H,6-9,11H2,1-5H3/t14-,16-,20?/m1/s1. The number of rotatable bonds is 7. The minimum atomic E-state index is -1.12. The largest absolute Gasteiger partial charge is 0.456 e. The van der Waals surface area contributed by atoms with Crippen LogP contribution in [-0.2, 0) is 23.9 Å². The number of ketones is 2. The predicted molar refractivity (Wildman–Crippen MR) is 98.0 cm³/mol. The molecule has 26 heavy (non-hydrogen) atoms. The van der Waals surface area contributed by atoms with Gasteiger partial charge in [-0.05, 0) is 38.0 Å². The van der Waals surface area contributed by atoms with Crippen molar-refractivity contribution in [1.29, 1.82) is 0 Å². The summed E-state index contributed by atoms with van der Waals surface area (Å²) in [6, 6.07) is 0. The molecule has 0 spiro atoms. The molecule has 1 heterocycles. The van der Waals surface area contributed by atoms with E-state index < -0.39 is 17.7 Å². The van der Waals surface area contributed by atoms with Gasteiger partial charge in [-0.15, -0.1) is 0 Å². The lowest BCUT2D eigenvalue weighted by Gasteiger charge is -2.38. The second-order valence-corrected chi connectivity index (χ2v) is 7.99. The Morgan fingerprint density at radius 1 is 1.31 bits per heavy atom. The summed E-state index contributed by atoms with van der Waals surface area (Å²) in [7, 11) is 0. The Hall–Kier alpha value is -1.91. The fourth-order valence-corrected chi connectivity index (χ4v) is 3.76. The van der Waals surface area contributed by atoms with E-state index in [1.54, 1.807) is 13.8 Å². The summed E-state index contributed by atoms with van der Waals surface area (Å²) < 4.78 is 11.0. The number of hydrogen-bond donors (Lipinski definition) is 0. The van der Waals surface area contributed by atoms with E-state index in [0.29, 0.717) is 18.6 Å². The number of cyclic esters (lactones) is 1. The number of allylic oxidation sites excluding steroid dienone is 3. The van der Waals surface area contributed by atoms with Gasteiger partial charge in [-0.25, -0.2) is 4.79 Å². The SMILES string of the molecule is CCCC(=O)CC(=O)C(C1=CC(=O)OC(C)(C)O1)[C@@H]1C=C(C)CC[C@H]1C. The first-order chi connectivity index (χ1) is 12.1. The summed E-state index contributed by atoms with van der Waals surface area (Å²) in [4.78, 5) is 37.1. The Morgan fingerprint density at radius 3 is 2.62 bits per heavy atom. The second kappa shape index (κ2) is 8.19. The van der Waals surface area contributed by atoms with Crippen LogP contribution in [0.2, 0.25) is 0 Å². The van der Waals surface area contributed by atoms with Gasteiger partial charge in [0.2, 0.25) is 5.79 Å². The molecular weight excluding hydrogens is 332 g/mol. The van der Waals surface area contributed by atoms with Gasteiger partial charge in [0.05, 0.1) is 18.4 Å². The van der Waals surface area contributed by atoms with Crippen molar-refractivity contribution in [2.24, 2.45) is 17.8 Å². The van der Waals surface area contributed by atoms with E-state index in [1.807, 2.05) is 6.92 Å². The van der Waals surface area contributed by atoms with Crippen molar-refractivity contribution < 1.29 is 23.9 Å². The van der Waals surface area contributed by atoms with Crippen LogP contribution in [0.25, 0.3) is 0 Å². The molecule has 3 atom stereocenters. The molecule has 0 amide bonds. The first kappa shape index (κ1) is 20.4. The Kier molecular flexibility index (Phi) is 6.43. The molecule has 0 radical (unpaired) electrons. The van der Waals surface area contributed by atoms with Crippen LogP contribution in [0.3, 0.4) is 0 Å². The van der Waals surface area contributed by atoms with Crippen molar-refractivity contribution in [3.8, 4) is 0 Å². The molecule has 1 aliphatic heterocycles. The highest BCUT2D eigenvalue weighted by atomic mass is 16.7. The average Bonchev–Trinajstić information content (AvgIpc) is 2.49. The molecule has 1 unspecified atom stereocenters. The zero-order valence-corrected chi connectivity index (χ0v) is 16.5. The molecule has 0 aromatic heterocycles. The van der Waals surface area contributed by atoms with Crippen LogP contribution in [0, 0.1) is 17.8 Å². The number of carbonyl (C=O) groups excluding carboxylic acids is 3. The van der Waals surface area contributed by atoms with Crippen LogP contribution in [0.1, 0.15) is 66.7 Å². The molecule has 0 bridgehead atoms. The van der Waals surface area contributed by atoms with Gasteiger partial charge in [-0.2, -0.15) is 0 Å². The van der Waals surface area contributed by atoms with Crippen molar-refractivity contribution in [2.75, 3.05) is 0 Å². The first-order valence-corrected chi connectivity index (χ1v) is 9.48. The highest BCUT2D eigenvalue weighted by molar-refractivity contribution is 6.01.